The average molecular weight is 180 g/mol. The molecule has 0 rings (SSSR count). The Bertz CT molecular complexity index is 85.4. The Morgan fingerprint density at radius 3 is 1.82 bits per heavy atom. The zero-order chi connectivity index (χ0) is 8.74. The Morgan fingerprint density at radius 1 is 1.09 bits per heavy atom. The zero-order valence-corrected chi connectivity index (χ0v) is 7.60. The van der Waals surface area contributed by atoms with Crippen molar-refractivity contribution >= 4 is 11.8 Å². The second-order valence-corrected chi connectivity index (χ2v) is 4.07. The highest BCUT2D eigenvalue weighted by Gasteiger charge is 2.27. The van der Waals surface area contributed by atoms with Crippen LogP contribution < -0.4 is 0 Å². The summed E-state index contributed by atoms with van der Waals surface area (Å²) in [5, 5.41) is 26.6. The van der Waals surface area contributed by atoms with E-state index in [0.29, 0.717) is 0 Å². The Hall–Kier alpha value is 0.230. The molecule has 0 fully saturated rings. The van der Waals surface area contributed by atoms with Crippen molar-refractivity contribution in [1.29, 1.82) is 0 Å². The van der Waals surface area contributed by atoms with Crippen LogP contribution in [0.3, 0.4) is 0 Å². The van der Waals surface area contributed by atoms with Crippen molar-refractivity contribution in [3.8, 4) is 0 Å². The summed E-state index contributed by atoms with van der Waals surface area (Å²) in [4.78, 5) is 0. The van der Waals surface area contributed by atoms with Gasteiger partial charge in [-0.25, -0.2) is 0 Å². The molecule has 0 unspecified atom stereocenters. The smallest absolute Gasteiger partial charge is 0.0850 e. The third-order valence-corrected chi connectivity index (χ3v) is 3.09. The summed E-state index contributed by atoms with van der Waals surface area (Å²) < 4.78 is -0.740. The van der Waals surface area contributed by atoms with Crippen LogP contribution in [0.5, 0.6) is 0 Å². The molecule has 0 saturated heterocycles. The van der Waals surface area contributed by atoms with Gasteiger partial charge in [0.05, 0.1) is 24.6 Å². The maximum Gasteiger partial charge on any atom is 0.0850 e. The summed E-state index contributed by atoms with van der Waals surface area (Å²) in [6.07, 6.45) is 0.979. The highest BCUT2D eigenvalue weighted by Crippen LogP contribution is 2.24. The van der Waals surface area contributed by atoms with Gasteiger partial charge in [-0.2, -0.15) is 0 Å². The second-order valence-electron chi connectivity index (χ2n) is 2.51. The maximum atomic E-state index is 8.86. The molecule has 0 aromatic rings. The van der Waals surface area contributed by atoms with Crippen LogP contribution >= 0.6 is 11.8 Å². The first-order valence-corrected chi connectivity index (χ1v) is 4.69. The van der Waals surface area contributed by atoms with Gasteiger partial charge in [0.2, 0.25) is 0 Å². The number of aliphatic hydroxyl groups is 3. The molecule has 68 valence electrons. The van der Waals surface area contributed by atoms with Crippen LogP contribution in [0.25, 0.3) is 0 Å². The minimum Gasteiger partial charge on any atom is -0.395 e. The summed E-state index contributed by atoms with van der Waals surface area (Å²) in [5.41, 5.74) is 0. The van der Waals surface area contributed by atoms with Gasteiger partial charge in [0.15, 0.2) is 0 Å². The van der Waals surface area contributed by atoms with Crippen LogP contribution in [0.15, 0.2) is 0 Å². The summed E-state index contributed by atoms with van der Waals surface area (Å²) >= 11 is 1.42. The van der Waals surface area contributed by atoms with E-state index in [1.807, 2.05) is 6.92 Å². The van der Waals surface area contributed by atoms with Gasteiger partial charge in [0.1, 0.15) is 0 Å². The number of thioether (sulfide) groups is 1. The minimum atomic E-state index is -0.740. The molecular formula is C7H16O3S. The van der Waals surface area contributed by atoms with E-state index >= 15 is 0 Å². The third kappa shape index (κ3) is 3.42. The fraction of sp³-hybridized carbons (Fsp3) is 1.00. The molecule has 0 aliphatic rings. The first kappa shape index (κ1) is 11.2. The molecule has 0 radical (unpaired) electrons. The van der Waals surface area contributed by atoms with E-state index in [-0.39, 0.29) is 19.8 Å². The average Bonchev–Trinajstić information content (AvgIpc) is 2.08. The third-order valence-electron chi connectivity index (χ3n) is 1.48. The predicted molar refractivity (Wildman–Crippen MR) is 46.7 cm³/mol. The summed E-state index contributed by atoms with van der Waals surface area (Å²) in [5.74, 6) is 0.849. The van der Waals surface area contributed by atoms with Crippen LogP contribution in [-0.2, 0) is 0 Å². The molecule has 0 aliphatic carbocycles. The number of aliphatic hydroxyl groups excluding tert-OH is 3. The maximum absolute atomic E-state index is 8.86. The molecule has 0 spiro atoms. The van der Waals surface area contributed by atoms with Gasteiger partial charge in [-0.3, -0.25) is 0 Å². The van der Waals surface area contributed by atoms with Gasteiger partial charge in [0, 0.05) is 0 Å². The highest BCUT2D eigenvalue weighted by atomic mass is 32.2. The standard InChI is InChI=1S/C7H16O3S/c1-2-3-11-7(4-8,5-9)6-10/h8-10H,2-6H2,1H3. The first-order chi connectivity index (χ1) is 5.24. The lowest BCUT2D eigenvalue weighted by Crippen LogP contribution is -2.38. The van der Waals surface area contributed by atoms with Crippen molar-refractivity contribution in [1.82, 2.24) is 0 Å². The molecule has 3 nitrogen and oxygen atoms in total. The zero-order valence-electron chi connectivity index (χ0n) is 6.79. The molecule has 0 aromatic heterocycles. The summed E-state index contributed by atoms with van der Waals surface area (Å²) in [6, 6.07) is 0. The molecule has 4 heteroatoms. The van der Waals surface area contributed by atoms with Crippen LogP contribution in [-0.4, -0.2) is 45.6 Å². The number of hydrogen-bond donors (Lipinski definition) is 3. The lowest BCUT2D eigenvalue weighted by molar-refractivity contribution is 0.120. The van der Waals surface area contributed by atoms with Gasteiger partial charge in [-0.05, 0) is 12.2 Å². The van der Waals surface area contributed by atoms with Gasteiger partial charge >= 0.3 is 0 Å². The minimum absolute atomic E-state index is 0.176. The van der Waals surface area contributed by atoms with Crippen molar-refractivity contribution in [3.63, 3.8) is 0 Å². The van der Waals surface area contributed by atoms with E-state index in [1.165, 1.54) is 11.8 Å². The van der Waals surface area contributed by atoms with Crippen LogP contribution in [0.2, 0.25) is 0 Å². The highest BCUT2D eigenvalue weighted by molar-refractivity contribution is 8.00. The van der Waals surface area contributed by atoms with Crippen molar-refractivity contribution < 1.29 is 15.3 Å². The van der Waals surface area contributed by atoms with E-state index in [1.54, 1.807) is 0 Å². The van der Waals surface area contributed by atoms with Gasteiger partial charge < -0.3 is 15.3 Å². The van der Waals surface area contributed by atoms with Crippen molar-refractivity contribution in [2.24, 2.45) is 0 Å². The second kappa shape index (κ2) is 5.83. The van der Waals surface area contributed by atoms with Gasteiger partial charge in [-0.1, -0.05) is 6.92 Å². The molecule has 0 aliphatic heterocycles. The molecule has 0 heterocycles. The predicted octanol–water partition coefficient (Wildman–Crippen LogP) is -0.155. The summed E-state index contributed by atoms with van der Waals surface area (Å²) in [6.45, 7) is 1.49. The van der Waals surface area contributed by atoms with E-state index < -0.39 is 4.75 Å². The first-order valence-electron chi connectivity index (χ1n) is 3.71. The Morgan fingerprint density at radius 2 is 1.55 bits per heavy atom. The van der Waals surface area contributed by atoms with Crippen molar-refractivity contribution in [2.75, 3.05) is 25.6 Å². The Labute approximate surface area is 71.4 Å². The molecular weight excluding hydrogens is 164 g/mol. The Kier molecular flexibility index (Phi) is 5.95. The number of hydrogen-bond acceptors (Lipinski definition) is 4. The molecule has 0 atom stereocenters. The lowest BCUT2D eigenvalue weighted by Gasteiger charge is -2.26. The van der Waals surface area contributed by atoms with Gasteiger partial charge in [-0.15, -0.1) is 11.8 Å². The Balaban J connectivity index is 3.84. The monoisotopic (exact) mass is 180 g/mol. The molecule has 0 aromatic carbocycles. The van der Waals surface area contributed by atoms with Crippen molar-refractivity contribution in [2.45, 2.75) is 18.1 Å². The SMILES string of the molecule is CCCSC(CO)(CO)CO. The molecule has 0 saturated carbocycles. The van der Waals surface area contributed by atoms with E-state index in [0.717, 1.165) is 12.2 Å². The van der Waals surface area contributed by atoms with Crippen LogP contribution in [0.1, 0.15) is 13.3 Å². The molecule has 0 bridgehead atoms. The fourth-order valence-electron chi connectivity index (χ4n) is 0.605. The van der Waals surface area contributed by atoms with Crippen LogP contribution in [0.4, 0.5) is 0 Å². The summed E-state index contributed by atoms with van der Waals surface area (Å²) in [7, 11) is 0. The topological polar surface area (TPSA) is 60.7 Å². The normalized spacial score (nSPS) is 12.0. The van der Waals surface area contributed by atoms with Crippen molar-refractivity contribution in [3.05, 3.63) is 0 Å². The molecule has 11 heavy (non-hydrogen) atoms. The van der Waals surface area contributed by atoms with Crippen LogP contribution in [0, 0.1) is 0 Å². The van der Waals surface area contributed by atoms with Gasteiger partial charge in [0.25, 0.3) is 0 Å². The molecule has 0 amide bonds. The largest absolute Gasteiger partial charge is 0.395 e. The quantitative estimate of drug-likeness (QED) is 0.532. The van der Waals surface area contributed by atoms with E-state index in [2.05, 4.69) is 0 Å². The van der Waals surface area contributed by atoms with E-state index in [4.69, 9.17) is 15.3 Å². The van der Waals surface area contributed by atoms with E-state index in [9.17, 15) is 0 Å². The molecule has 3 N–H and O–H groups in total. The number of rotatable bonds is 6. The fourth-order valence-corrected chi connectivity index (χ4v) is 1.52. The lowest BCUT2D eigenvalue weighted by atomic mass is 10.2.